The molecule has 0 aliphatic heterocycles. The summed E-state index contributed by atoms with van der Waals surface area (Å²) in [6, 6.07) is 5.59. The van der Waals surface area contributed by atoms with Crippen molar-refractivity contribution in [1.82, 2.24) is 5.32 Å². The Bertz CT molecular complexity index is 811. The third kappa shape index (κ3) is 4.16. The molecule has 8 nitrogen and oxygen atoms in total. The molecule has 25 heavy (non-hydrogen) atoms. The van der Waals surface area contributed by atoms with E-state index in [0.717, 1.165) is 0 Å². The minimum Gasteiger partial charge on any atom is -0.466 e. The summed E-state index contributed by atoms with van der Waals surface area (Å²) in [4.78, 5) is 22.5. The van der Waals surface area contributed by atoms with E-state index in [2.05, 4.69) is 10.6 Å². The average Bonchev–Trinajstić information content (AvgIpc) is 2.87. The second-order valence-corrected chi connectivity index (χ2v) is 6.12. The summed E-state index contributed by atoms with van der Waals surface area (Å²) < 4.78 is 5.40. The Morgan fingerprint density at radius 2 is 2.04 bits per heavy atom. The summed E-state index contributed by atoms with van der Waals surface area (Å²) in [6.07, 6.45) is 0. The molecule has 0 saturated carbocycles. The second kappa shape index (κ2) is 6.94. The van der Waals surface area contributed by atoms with Crippen LogP contribution in [0.25, 0.3) is 0 Å². The highest BCUT2D eigenvalue weighted by atomic mass is 16.6. The number of aryl methyl sites for hydroxylation is 2. The fraction of sp³-hybridized carbons (Fsp3) is 0.353. The van der Waals surface area contributed by atoms with Gasteiger partial charge in [-0.3, -0.25) is 10.1 Å². The molecule has 2 rings (SSSR count). The lowest BCUT2D eigenvalue weighted by atomic mass is 9.96. The Kier molecular flexibility index (Phi) is 5.13. The van der Waals surface area contributed by atoms with Gasteiger partial charge in [-0.15, -0.1) is 0 Å². The van der Waals surface area contributed by atoms with Crippen molar-refractivity contribution in [2.24, 2.45) is 0 Å². The molecule has 1 atom stereocenters. The van der Waals surface area contributed by atoms with E-state index in [0.29, 0.717) is 28.3 Å². The number of urea groups is 1. The van der Waals surface area contributed by atoms with Gasteiger partial charge in [0.05, 0.1) is 22.7 Å². The number of hydrogen-bond acceptors (Lipinski definition) is 5. The Hall–Kier alpha value is -2.87. The fourth-order valence-electron chi connectivity index (χ4n) is 2.64. The third-order valence-corrected chi connectivity index (χ3v) is 3.96. The molecule has 0 radical (unpaired) electrons. The van der Waals surface area contributed by atoms with Crippen molar-refractivity contribution in [1.29, 1.82) is 0 Å². The first kappa shape index (κ1) is 18.5. The Balaban J connectivity index is 2.05. The summed E-state index contributed by atoms with van der Waals surface area (Å²) in [7, 11) is 0. The van der Waals surface area contributed by atoms with Crippen molar-refractivity contribution in [3.8, 4) is 0 Å². The van der Waals surface area contributed by atoms with Gasteiger partial charge < -0.3 is 20.2 Å². The van der Waals surface area contributed by atoms with Crippen LogP contribution < -0.4 is 10.6 Å². The van der Waals surface area contributed by atoms with E-state index >= 15 is 0 Å². The van der Waals surface area contributed by atoms with Gasteiger partial charge in [0.1, 0.15) is 17.1 Å². The van der Waals surface area contributed by atoms with Gasteiger partial charge in [-0.25, -0.2) is 4.79 Å². The molecule has 0 spiro atoms. The van der Waals surface area contributed by atoms with Crippen molar-refractivity contribution in [3.05, 3.63) is 57.0 Å². The molecule has 0 unspecified atom stereocenters. The second-order valence-electron chi connectivity index (χ2n) is 6.12. The lowest BCUT2D eigenvalue weighted by molar-refractivity contribution is -0.385. The summed E-state index contributed by atoms with van der Waals surface area (Å²) in [5.41, 5.74) is -0.0970. The van der Waals surface area contributed by atoms with Crippen molar-refractivity contribution in [2.45, 2.75) is 33.3 Å². The molecule has 134 valence electrons. The van der Waals surface area contributed by atoms with Crippen LogP contribution in [0.4, 0.5) is 16.2 Å². The fourth-order valence-corrected chi connectivity index (χ4v) is 2.64. The zero-order chi connectivity index (χ0) is 18.8. The largest absolute Gasteiger partial charge is 0.466 e. The first-order valence-electron chi connectivity index (χ1n) is 7.70. The van der Waals surface area contributed by atoms with Gasteiger partial charge >= 0.3 is 6.03 Å². The minimum atomic E-state index is -1.31. The van der Waals surface area contributed by atoms with E-state index in [1.807, 2.05) is 0 Å². The molecule has 2 amide bonds. The quantitative estimate of drug-likeness (QED) is 0.567. The van der Waals surface area contributed by atoms with Gasteiger partial charge in [-0.05, 0) is 39.8 Å². The van der Waals surface area contributed by atoms with Crippen LogP contribution >= 0.6 is 0 Å². The number of benzene rings is 1. The topological polar surface area (TPSA) is 118 Å². The number of hydrogen-bond donors (Lipinski definition) is 3. The van der Waals surface area contributed by atoms with Gasteiger partial charge in [-0.2, -0.15) is 0 Å². The van der Waals surface area contributed by atoms with E-state index in [1.165, 1.54) is 12.1 Å². The van der Waals surface area contributed by atoms with E-state index in [-0.39, 0.29) is 12.2 Å². The molecular formula is C17H21N3O5. The van der Waals surface area contributed by atoms with Crippen LogP contribution in [0.3, 0.4) is 0 Å². The predicted octanol–water partition coefficient (Wildman–Crippen LogP) is 3.14. The van der Waals surface area contributed by atoms with Crippen LogP contribution in [0.5, 0.6) is 0 Å². The predicted molar refractivity (Wildman–Crippen MR) is 92.6 cm³/mol. The van der Waals surface area contributed by atoms with Crippen LogP contribution in [0, 0.1) is 30.9 Å². The van der Waals surface area contributed by atoms with Gasteiger partial charge in [0, 0.05) is 11.6 Å². The van der Waals surface area contributed by atoms with Crippen LogP contribution in [-0.4, -0.2) is 22.6 Å². The highest BCUT2D eigenvalue weighted by Crippen LogP contribution is 2.27. The van der Waals surface area contributed by atoms with Gasteiger partial charge in [-0.1, -0.05) is 6.07 Å². The number of nitrogens with one attached hydrogen (secondary N) is 2. The lowest BCUT2D eigenvalue weighted by Gasteiger charge is -2.23. The molecule has 0 saturated heterocycles. The average molecular weight is 347 g/mol. The van der Waals surface area contributed by atoms with Gasteiger partial charge in [0.25, 0.3) is 5.69 Å². The molecule has 0 aliphatic carbocycles. The van der Waals surface area contributed by atoms with E-state index in [9.17, 15) is 20.0 Å². The molecule has 1 aromatic carbocycles. The molecule has 1 heterocycles. The number of nitro groups is 1. The zero-order valence-electron chi connectivity index (χ0n) is 14.5. The number of furan rings is 1. The molecule has 2 aromatic rings. The minimum absolute atomic E-state index is 0.0490. The van der Waals surface area contributed by atoms with E-state index < -0.39 is 16.6 Å². The SMILES string of the molecule is Cc1cc([C@](C)(O)CNC(=O)Nc2cccc([N+](=O)[O-])c2C)c(C)o1. The Morgan fingerprint density at radius 1 is 1.36 bits per heavy atom. The van der Waals surface area contributed by atoms with Crippen LogP contribution in [-0.2, 0) is 5.60 Å². The standard InChI is InChI=1S/C17H21N3O5/c1-10-8-13(12(3)25-10)17(4,22)9-18-16(21)19-14-6-5-7-15(11(14)2)20(23)24/h5-8,22H,9H2,1-4H3,(H2,18,19,21)/t17-/m1/s1. The molecule has 0 aliphatic rings. The van der Waals surface area contributed by atoms with Gasteiger partial charge in [0.15, 0.2) is 0 Å². The number of anilines is 1. The molecule has 0 bridgehead atoms. The van der Waals surface area contributed by atoms with Crippen LogP contribution in [0.2, 0.25) is 0 Å². The van der Waals surface area contributed by atoms with Gasteiger partial charge in [0.2, 0.25) is 0 Å². The molecular weight excluding hydrogens is 326 g/mol. The summed E-state index contributed by atoms with van der Waals surface area (Å²) in [5, 5.41) is 26.6. The first-order valence-corrected chi connectivity index (χ1v) is 7.70. The highest BCUT2D eigenvalue weighted by Gasteiger charge is 2.28. The van der Waals surface area contributed by atoms with E-state index in [1.54, 1.807) is 39.8 Å². The number of aliphatic hydroxyl groups is 1. The monoisotopic (exact) mass is 347 g/mol. The molecule has 3 N–H and O–H groups in total. The van der Waals surface area contributed by atoms with Crippen LogP contribution in [0.15, 0.2) is 28.7 Å². The molecule has 8 heteroatoms. The number of nitrogens with zero attached hydrogens (tertiary/aromatic N) is 1. The number of rotatable bonds is 5. The Morgan fingerprint density at radius 3 is 2.60 bits per heavy atom. The number of carbonyl (C=O) groups excluding carboxylic acids is 1. The maximum absolute atomic E-state index is 12.1. The van der Waals surface area contributed by atoms with Crippen molar-refractivity contribution >= 4 is 17.4 Å². The molecule has 0 fully saturated rings. The van der Waals surface area contributed by atoms with Crippen molar-refractivity contribution in [3.63, 3.8) is 0 Å². The normalized spacial score (nSPS) is 13.2. The van der Waals surface area contributed by atoms with E-state index in [4.69, 9.17) is 4.42 Å². The summed E-state index contributed by atoms with van der Waals surface area (Å²) >= 11 is 0. The smallest absolute Gasteiger partial charge is 0.319 e. The number of amides is 2. The Labute approximate surface area is 145 Å². The molecule has 1 aromatic heterocycles. The maximum Gasteiger partial charge on any atom is 0.319 e. The summed E-state index contributed by atoms with van der Waals surface area (Å²) in [6.45, 7) is 6.60. The van der Waals surface area contributed by atoms with Crippen molar-refractivity contribution < 1.29 is 19.2 Å². The number of carbonyl (C=O) groups is 1. The highest BCUT2D eigenvalue weighted by molar-refractivity contribution is 5.90. The maximum atomic E-state index is 12.1. The first-order chi connectivity index (χ1) is 11.6. The number of nitro benzene ring substituents is 1. The van der Waals surface area contributed by atoms with Crippen molar-refractivity contribution in [2.75, 3.05) is 11.9 Å². The summed E-state index contributed by atoms with van der Waals surface area (Å²) in [5.74, 6) is 1.25. The van der Waals surface area contributed by atoms with Crippen LogP contribution in [0.1, 0.15) is 29.6 Å². The third-order valence-electron chi connectivity index (χ3n) is 3.96. The zero-order valence-corrected chi connectivity index (χ0v) is 14.5. The lowest BCUT2D eigenvalue weighted by Crippen LogP contribution is -2.40.